The van der Waals surface area contributed by atoms with Crippen LogP contribution in [0.2, 0.25) is 0 Å². The molecule has 0 fully saturated rings. The van der Waals surface area contributed by atoms with Crippen molar-refractivity contribution < 1.29 is 5.11 Å². The molecule has 0 radical (unpaired) electrons. The number of nitrogens with zero attached hydrogens (tertiary/aromatic N) is 2. The maximum absolute atomic E-state index is 8.66. The van der Waals surface area contributed by atoms with Crippen molar-refractivity contribution in [1.82, 2.24) is 9.97 Å². The molecule has 0 unspecified atom stereocenters. The van der Waals surface area contributed by atoms with Crippen molar-refractivity contribution in [1.29, 1.82) is 0 Å². The van der Waals surface area contributed by atoms with E-state index >= 15 is 0 Å². The lowest BCUT2D eigenvalue weighted by Crippen LogP contribution is -1.91. The molecule has 3 nitrogen and oxygen atoms in total. The molecule has 2 aromatic rings. The topological polar surface area (TPSA) is 46.0 Å². The van der Waals surface area contributed by atoms with Crippen LogP contribution in [0.3, 0.4) is 0 Å². The van der Waals surface area contributed by atoms with Gasteiger partial charge < -0.3 is 5.11 Å². The highest BCUT2D eigenvalue weighted by molar-refractivity contribution is 7.99. The number of thioether (sulfide) groups is 1. The predicted octanol–water partition coefficient (Wildman–Crippen LogP) is 1.71. The van der Waals surface area contributed by atoms with E-state index in [0.717, 1.165) is 16.1 Å². The van der Waals surface area contributed by atoms with Crippen molar-refractivity contribution in [2.45, 2.75) is 5.16 Å². The van der Waals surface area contributed by atoms with E-state index in [0.29, 0.717) is 5.75 Å². The minimum Gasteiger partial charge on any atom is -0.396 e. The maximum Gasteiger partial charge on any atom is 0.188 e. The lowest BCUT2D eigenvalue weighted by Gasteiger charge is -1.99. The second kappa shape index (κ2) is 4.39. The Morgan fingerprint density at radius 2 is 2.14 bits per heavy atom. The summed E-state index contributed by atoms with van der Waals surface area (Å²) >= 11 is 1.46. The number of benzene rings is 1. The van der Waals surface area contributed by atoms with E-state index in [2.05, 4.69) is 9.97 Å². The molecule has 0 saturated heterocycles. The summed E-state index contributed by atoms with van der Waals surface area (Å²) < 4.78 is 0. The van der Waals surface area contributed by atoms with E-state index < -0.39 is 0 Å². The van der Waals surface area contributed by atoms with Gasteiger partial charge in [-0.05, 0) is 6.07 Å². The number of hydrogen-bond acceptors (Lipinski definition) is 4. The van der Waals surface area contributed by atoms with Gasteiger partial charge >= 0.3 is 0 Å². The summed E-state index contributed by atoms with van der Waals surface area (Å²) in [6.07, 6.45) is 1.81. The third-order valence-electron chi connectivity index (χ3n) is 1.79. The molecule has 1 aromatic carbocycles. The molecule has 0 amide bonds. The maximum atomic E-state index is 8.66. The van der Waals surface area contributed by atoms with Gasteiger partial charge in [-0.15, -0.1) is 0 Å². The van der Waals surface area contributed by atoms with Crippen molar-refractivity contribution in [3.63, 3.8) is 0 Å². The molecule has 0 aliphatic heterocycles. The Hall–Kier alpha value is -1.13. The van der Waals surface area contributed by atoms with Crippen LogP contribution in [0.4, 0.5) is 0 Å². The zero-order valence-corrected chi connectivity index (χ0v) is 8.37. The quantitative estimate of drug-likeness (QED) is 0.613. The number of rotatable bonds is 3. The lowest BCUT2D eigenvalue weighted by atomic mass is 10.2. The van der Waals surface area contributed by atoms with Gasteiger partial charge in [-0.2, -0.15) is 0 Å². The van der Waals surface area contributed by atoms with Crippen molar-refractivity contribution in [2.24, 2.45) is 0 Å². The third kappa shape index (κ3) is 2.02. The minimum absolute atomic E-state index is 0.154. The smallest absolute Gasteiger partial charge is 0.188 e. The third-order valence-corrected chi connectivity index (χ3v) is 2.63. The van der Waals surface area contributed by atoms with Crippen LogP contribution >= 0.6 is 11.8 Å². The van der Waals surface area contributed by atoms with Crippen molar-refractivity contribution in [3.05, 3.63) is 30.5 Å². The second-order valence-electron chi connectivity index (χ2n) is 2.78. The van der Waals surface area contributed by atoms with Crippen LogP contribution in [-0.4, -0.2) is 27.4 Å². The molecule has 14 heavy (non-hydrogen) atoms. The van der Waals surface area contributed by atoms with Crippen molar-refractivity contribution in [3.8, 4) is 0 Å². The number of aromatic nitrogens is 2. The zero-order valence-electron chi connectivity index (χ0n) is 7.55. The molecule has 1 heterocycles. The van der Waals surface area contributed by atoms with E-state index in [1.54, 1.807) is 0 Å². The van der Waals surface area contributed by atoms with E-state index in [9.17, 15) is 0 Å². The van der Waals surface area contributed by atoms with Crippen LogP contribution in [0.15, 0.2) is 35.6 Å². The molecular weight excluding hydrogens is 196 g/mol. The predicted molar refractivity (Wildman–Crippen MR) is 57.3 cm³/mol. The Kier molecular flexibility index (Phi) is 2.96. The Morgan fingerprint density at radius 1 is 1.29 bits per heavy atom. The minimum atomic E-state index is 0.154. The lowest BCUT2D eigenvalue weighted by molar-refractivity contribution is 0.322. The van der Waals surface area contributed by atoms with E-state index in [4.69, 9.17) is 5.11 Å². The average Bonchev–Trinajstić information content (AvgIpc) is 2.26. The van der Waals surface area contributed by atoms with Crippen LogP contribution < -0.4 is 0 Å². The summed E-state index contributed by atoms with van der Waals surface area (Å²) in [5, 5.41) is 10.4. The van der Waals surface area contributed by atoms with Crippen LogP contribution in [0.25, 0.3) is 10.9 Å². The highest BCUT2D eigenvalue weighted by Crippen LogP contribution is 2.16. The van der Waals surface area contributed by atoms with Gasteiger partial charge in [0.25, 0.3) is 0 Å². The molecule has 0 spiro atoms. The number of fused-ring (bicyclic) bond motifs is 1. The summed E-state index contributed by atoms with van der Waals surface area (Å²) in [6, 6.07) is 7.86. The van der Waals surface area contributed by atoms with Crippen LogP contribution in [-0.2, 0) is 0 Å². The fourth-order valence-electron chi connectivity index (χ4n) is 1.16. The van der Waals surface area contributed by atoms with Gasteiger partial charge in [0, 0.05) is 17.3 Å². The van der Waals surface area contributed by atoms with Gasteiger partial charge in [-0.1, -0.05) is 30.0 Å². The first-order valence-corrected chi connectivity index (χ1v) is 5.34. The van der Waals surface area contributed by atoms with E-state index in [-0.39, 0.29) is 6.61 Å². The first-order valence-electron chi connectivity index (χ1n) is 4.35. The number of aliphatic hydroxyl groups excluding tert-OH is 1. The van der Waals surface area contributed by atoms with Gasteiger partial charge in [-0.3, -0.25) is 0 Å². The summed E-state index contributed by atoms with van der Waals surface area (Å²) in [5.41, 5.74) is 0.947. The monoisotopic (exact) mass is 206 g/mol. The Morgan fingerprint density at radius 3 is 3.00 bits per heavy atom. The van der Waals surface area contributed by atoms with Crippen LogP contribution in [0.5, 0.6) is 0 Å². The van der Waals surface area contributed by atoms with Crippen molar-refractivity contribution in [2.75, 3.05) is 12.4 Å². The summed E-state index contributed by atoms with van der Waals surface area (Å²) in [5.74, 6) is 0.637. The highest BCUT2D eigenvalue weighted by Gasteiger charge is 1.98. The molecule has 1 N–H and O–H groups in total. The molecule has 2 rings (SSSR count). The Bertz CT molecular complexity index is 433. The SMILES string of the molecule is OCCSc1ncc2ccccc2n1. The van der Waals surface area contributed by atoms with Gasteiger partial charge in [-0.25, -0.2) is 9.97 Å². The van der Waals surface area contributed by atoms with Gasteiger partial charge in [0.05, 0.1) is 12.1 Å². The molecule has 0 aliphatic rings. The number of aliphatic hydroxyl groups is 1. The molecule has 0 bridgehead atoms. The Balaban J connectivity index is 2.32. The number of para-hydroxylation sites is 1. The van der Waals surface area contributed by atoms with Crippen molar-refractivity contribution >= 4 is 22.7 Å². The van der Waals surface area contributed by atoms with Crippen LogP contribution in [0, 0.1) is 0 Å². The normalized spacial score (nSPS) is 10.6. The standard InChI is InChI=1S/C10H10N2OS/c13-5-6-14-10-11-7-8-3-1-2-4-9(8)12-10/h1-4,7,13H,5-6H2. The molecular formula is C10H10N2OS. The fourth-order valence-corrected chi connectivity index (χ4v) is 1.73. The van der Waals surface area contributed by atoms with E-state index in [1.165, 1.54) is 11.8 Å². The van der Waals surface area contributed by atoms with Gasteiger partial charge in [0.1, 0.15) is 0 Å². The fraction of sp³-hybridized carbons (Fsp3) is 0.200. The molecule has 72 valence electrons. The summed E-state index contributed by atoms with van der Waals surface area (Å²) in [7, 11) is 0. The first-order chi connectivity index (χ1) is 6.90. The molecule has 0 atom stereocenters. The number of hydrogen-bond donors (Lipinski definition) is 1. The molecule has 4 heteroatoms. The highest BCUT2D eigenvalue weighted by atomic mass is 32.2. The van der Waals surface area contributed by atoms with Gasteiger partial charge in [0.15, 0.2) is 5.16 Å². The van der Waals surface area contributed by atoms with Crippen LogP contribution in [0.1, 0.15) is 0 Å². The Labute approximate surface area is 86.2 Å². The second-order valence-corrected chi connectivity index (χ2v) is 3.85. The first kappa shape index (κ1) is 9.43. The van der Waals surface area contributed by atoms with E-state index in [1.807, 2.05) is 30.5 Å². The summed E-state index contributed by atoms with van der Waals surface area (Å²) in [6.45, 7) is 0.154. The largest absolute Gasteiger partial charge is 0.396 e. The summed E-state index contributed by atoms with van der Waals surface area (Å²) in [4.78, 5) is 8.54. The average molecular weight is 206 g/mol. The molecule has 1 aromatic heterocycles. The van der Waals surface area contributed by atoms with Gasteiger partial charge in [0.2, 0.25) is 0 Å². The molecule has 0 aliphatic carbocycles. The zero-order chi connectivity index (χ0) is 9.80. The molecule has 0 saturated carbocycles.